The summed E-state index contributed by atoms with van der Waals surface area (Å²) >= 11 is 3.22. The second kappa shape index (κ2) is 14.3. The molecule has 188 valence electrons. The summed E-state index contributed by atoms with van der Waals surface area (Å²) in [6.07, 6.45) is 0.794. The standard InChI is InChI=1S/C25H21FP.C7H6BrF.BrH/c26-22-12-10-11-21(19-22)20-27(23-13-4-1-5-14-23,24-15-6-2-7-16-24)25-17-8-3-9-18-25;8-5-6-2-1-3-7(9)4-6;/h1-19H,20H2;1-4H,5H2;1H/q+1;;/p-1. The summed E-state index contributed by atoms with van der Waals surface area (Å²) < 4.78 is 26.3. The summed E-state index contributed by atoms with van der Waals surface area (Å²) in [5, 5.41) is 4.65. The van der Waals surface area contributed by atoms with Crippen LogP contribution in [0.15, 0.2) is 140 Å². The molecule has 0 aromatic heterocycles. The molecule has 0 saturated carbocycles. The first-order chi connectivity index (χ1) is 17.6. The van der Waals surface area contributed by atoms with E-state index in [1.165, 1.54) is 34.1 Å². The largest absolute Gasteiger partial charge is 1.00 e. The molecule has 0 heterocycles. The van der Waals surface area contributed by atoms with Gasteiger partial charge in [0.05, 0.1) is 6.16 Å². The summed E-state index contributed by atoms with van der Waals surface area (Å²) in [5.41, 5.74) is 2.00. The van der Waals surface area contributed by atoms with Crippen molar-refractivity contribution in [3.63, 3.8) is 0 Å². The molecule has 0 N–H and O–H groups in total. The van der Waals surface area contributed by atoms with Gasteiger partial charge in [-0.15, -0.1) is 0 Å². The first kappa shape index (κ1) is 28.9. The van der Waals surface area contributed by atoms with Crippen LogP contribution in [-0.2, 0) is 11.5 Å². The summed E-state index contributed by atoms with van der Waals surface area (Å²) in [4.78, 5) is 0. The van der Waals surface area contributed by atoms with Crippen molar-refractivity contribution in [1.29, 1.82) is 0 Å². The van der Waals surface area contributed by atoms with Crippen molar-refractivity contribution in [2.45, 2.75) is 11.5 Å². The van der Waals surface area contributed by atoms with Crippen molar-refractivity contribution < 1.29 is 25.8 Å². The zero-order valence-electron chi connectivity index (χ0n) is 20.2. The number of alkyl halides is 1. The second-order valence-electron chi connectivity index (χ2n) is 8.37. The molecule has 5 rings (SSSR count). The molecular formula is C32H27Br2F2P. The number of hydrogen-bond donors (Lipinski definition) is 0. The normalized spacial score (nSPS) is 10.6. The van der Waals surface area contributed by atoms with Gasteiger partial charge < -0.3 is 17.0 Å². The molecule has 37 heavy (non-hydrogen) atoms. The highest BCUT2D eigenvalue weighted by molar-refractivity contribution is 9.08. The van der Waals surface area contributed by atoms with E-state index in [0.717, 1.165) is 17.3 Å². The predicted molar refractivity (Wildman–Crippen MR) is 154 cm³/mol. The first-order valence-corrected chi connectivity index (χ1v) is 14.8. The number of rotatable bonds is 6. The molecule has 0 aliphatic carbocycles. The molecule has 0 aliphatic rings. The van der Waals surface area contributed by atoms with Gasteiger partial charge >= 0.3 is 0 Å². The second-order valence-corrected chi connectivity index (χ2v) is 12.4. The Morgan fingerprint density at radius 3 is 1.22 bits per heavy atom. The van der Waals surface area contributed by atoms with Crippen LogP contribution in [0.2, 0.25) is 0 Å². The van der Waals surface area contributed by atoms with E-state index in [9.17, 15) is 8.78 Å². The Kier molecular flexibility index (Phi) is 11.2. The Bertz CT molecular complexity index is 1270. The summed E-state index contributed by atoms with van der Waals surface area (Å²) in [6, 6.07) is 45.6. The summed E-state index contributed by atoms with van der Waals surface area (Å²) in [7, 11) is -1.96. The molecule has 0 spiro atoms. The Hall–Kier alpha value is -2.65. The molecule has 0 aliphatic heterocycles. The quantitative estimate of drug-likeness (QED) is 0.180. The van der Waals surface area contributed by atoms with E-state index < -0.39 is 7.26 Å². The van der Waals surface area contributed by atoms with Crippen molar-refractivity contribution in [1.82, 2.24) is 0 Å². The van der Waals surface area contributed by atoms with E-state index in [-0.39, 0.29) is 28.6 Å². The van der Waals surface area contributed by atoms with Gasteiger partial charge in [0.25, 0.3) is 0 Å². The average molecular weight is 640 g/mol. The van der Waals surface area contributed by atoms with Crippen LogP contribution in [0.5, 0.6) is 0 Å². The average Bonchev–Trinajstić information content (AvgIpc) is 2.93. The Labute approximate surface area is 237 Å². The van der Waals surface area contributed by atoms with Gasteiger partial charge in [0.1, 0.15) is 34.8 Å². The monoisotopic (exact) mass is 638 g/mol. The van der Waals surface area contributed by atoms with E-state index in [1.54, 1.807) is 18.2 Å². The maximum absolute atomic E-state index is 14.0. The van der Waals surface area contributed by atoms with Crippen LogP contribution in [0.25, 0.3) is 0 Å². The van der Waals surface area contributed by atoms with Crippen LogP contribution in [0, 0.1) is 11.6 Å². The topological polar surface area (TPSA) is 0 Å². The lowest BCUT2D eigenvalue weighted by Crippen LogP contribution is -3.00. The van der Waals surface area contributed by atoms with Crippen molar-refractivity contribution in [3.8, 4) is 0 Å². The zero-order valence-corrected chi connectivity index (χ0v) is 24.2. The lowest BCUT2D eigenvalue weighted by molar-refractivity contribution is -0.00000824. The molecule has 0 amide bonds. The van der Waals surface area contributed by atoms with Gasteiger partial charge in [0.2, 0.25) is 0 Å². The Morgan fingerprint density at radius 2 is 0.865 bits per heavy atom. The third-order valence-corrected chi connectivity index (χ3v) is 11.0. The van der Waals surface area contributed by atoms with Gasteiger partial charge in [-0.05, 0) is 71.8 Å². The lowest BCUT2D eigenvalue weighted by atomic mass is 10.2. The van der Waals surface area contributed by atoms with Gasteiger partial charge in [-0.1, -0.05) is 94.8 Å². The Morgan fingerprint density at radius 1 is 0.486 bits per heavy atom. The van der Waals surface area contributed by atoms with E-state index >= 15 is 0 Å². The van der Waals surface area contributed by atoms with Crippen molar-refractivity contribution in [2.24, 2.45) is 0 Å². The van der Waals surface area contributed by atoms with Crippen LogP contribution < -0.4 is 32.9 Å². The third kappa shape index (κ3) is 7.45. The van der Waals surface area contributed by atoms with E-state index in [0.29, 0.717) is 5.33 Å². The molecule has 0 atom stereocenters. The maximum atomic E-state index is 14.0. The molecule has 5 aromatic carbocycles. The number of benzene rings is 5. The fraction of sp³-hybridized carbons (Fsp3) is 0.0625. The van der Waals surface area contributed by atoms with Crippen molar-refractivity contribution in [2.75, 3.05) is 0 Å². The highest BCUT2D eigenvalue weighted by Crippen LogP contribution is 2.58. The van der Waals surface area contributed by atoms with Gasteiger partial charge in [-0.2, -0.15) is 0 Å². The number of hydrogen-bond acceptors (Lipinski definition) is 0. The molecule has 5 heteroatoms. The van der Waals surface area contributed by atoms with Crippen LogP contribution in [0.3, 0.4) is 0 Å². The first-order valence-electron chi connectivity index (χ1n) is 11.7. The molecular weight excluding hydrogens is 613 g/mol. The summed E-state index contributed by atoms with van der Waals surface area (Å²) in [5.74, 6) is -0.355. The van der Waals surface area contributed by atoms with Crippen LogP contribution >= 0.6 is 23.2 Å². The minimum Gasteiger partial charge on any atom is -1.00 e. The van der Waals surface area contributed by atoms with E-state index in [4.69, 9.17) is 0 Å². The van der Waals surface area contributed by atoms with Crippen LogP contribution in [-0.4, -0.2) is 0 Å². The van der Waals surface area contributed by atoms with Gasteiger partial charge in [0.15, 0.2) is 0 Å². The van der Waals surface area contributed by atoms with Gasteiger partial charge in [-0.3, -0.25) is 0 Å². The van der Waals surface area contributed by atoms with Crippen LogP contribution in [0.1, 0.15) is 11.1 Å². The lowest BCUT2D eigenvalue weighted by Gasteiger charge is -2.27. The van der Waals surface area contributed by atoms with Crippen molar-refractivity contribution >= 4 is 39.1 Å². The molecule has 0 nitrogen and oxygen atoms in total. The van der Waals surface area contributed by atoms with Crippen molar-refractivity contribution in [3.05, 3.63) is 162 Å². The molecule has 0 radical (unpaired) electrons. The molecule has 0 bridgehead atoms. The highest BCUT2D eigenvalue weighted by atomic mass is 79.9. The SMILES string of the molecule is Fc1cccc(CBr)c1.Fc1cccc(C[P+](c2ccccc2)(c2ccccc2)c2ccccc2)c1.[Br-]. The third-order valence-electron chi connectivity index (χ3n) is 5.94. The molecule has 0 unspecified atom stereocenters. The van der Waals surface area contributed by atoms with Crippen LogP contribution in [0.4, 0.5) is 8.78 Å². The molecule has 5 aromatic rings. The van der Waals surface area contributed by atoms with E-state index in [1.807, 2.05) is 12.1 Å². The predicted octanol–water partition coefficient (Wildman–Crippen LogP) is 5.04. The zero-order chi connectivity index (χ0) is 25.2. The molecule has 0 fully saturated rings. The Balaban J connectivity index is 0.000000324. The fourth-order valence-corrected chi connectivity index (χ4v) is 8.88. The number of halogens is 4. The van der Waals surface area contributed by atoms with Gasteiger partial charge in [-0.25, -0.2) is 8.78 Å². The van der Waals surface area contributed by atoms with Gasteiger partial charge in [0, 0.05) is 5.33 Å². The smallest absolute Gasteiger partial charge is 0.123 e. The maximum Gasteiger partial charge on any atom is 0.123 e. The highest BCUT2D eigenvalue weighted by Gasteiger charge is 2.45. The minimum absolute atomic E-state index is 0. The minimum atomic E-state index is -1.96. The fourth-order valence-electron chi connectivity index (χ4n) is 4.30. The molecule has 0 saturated heterocycles. The summed E-state index contributed by atoms with van der Waals surface area (Å²) in [6.45, 7) is 0. The van der Waals surface area contributed by atoms with E-state index in [2.05, 4.69) is 107 Å².